The lowest BCUT2D eigenvalue weighted by atomic mass is 9.84. The van der Waals surface area contributed by atoms with Crippen LogP contribution in [-0.2, 0) is 0 Å². The van der Waals surface area contributed by atoms with Gasteiger partial charge >= 0.3 is 0 Å². The van der Waals surface area contributed by atoms with Crippen molar-refractivity contribution in [2.45, 2.75) is 107 Å². The number of rotatable bonds is 9. The van der Waals surface area contributed by atoms with Gasteiger partial charge in [-0.05, 0) is 69.5 Å². The highest BCUT2D eigenvalue weighted by molar-refractivity contribution is 7.80. The van der Waals surface area contributed by atoms with Crippen molar-refractivity contribution in [3.63, 3.8) is 0 Å². The van der Waals surface area contributed by atoms with Crippen molar-refractivity contribution in [1.82, 2.24) is 0 Å². The van der Waals surface area contributed by atoms with Crippen molar-refractivity contribution in [2.75, 3.05) is 0 Å². The summed E-state index contributed by atoms with van der Waals surface area (Å²) in [4.78, 5) is 0. The molecule has 0 saturated carbocycles. The van der Waals surface area contributed by atoms with Crippen LogP contribution in [0.25, 0.3) is 0 Å². The third-order valence-electron chi connectivity index (χ3n) is 4.52. The first-order chi connectivity index (χ1) is 11.2. The minimum atomic E-state index is 0.540. The Bertz CT molecular complexity index is 308. The molecule has 0 aliphatic heterocycles. The molecule has 0 saturated heterocycles. The summed E-state index contributed by atoms with van der Waals surface area (Å²) in [5.74, 6) is 2.34. The van der Waals surface area contributed by atoms with Gasteiger partial charge in [0.1, 0.15) is 0 Å². The quantitative estimate of drug-likeness (QED) is 0.310. The molecular weight excluding hydrogens is 308 g/mol. The highest BCUT2D eigenvalue weighted by Gasteiger charge is 2.14. The van der Waals surface area contributed by atoms with Crippen molar-refractivity contribution in [3.05, 3.63) is 23.3 Å². The zero-order valence-electron chi connectivity index (χ0n) is 18.7. The maximum Gasteiger partial charge on any atom is -0.00115 e. The summed E-state index contributed by atoms with van der Waals surface area (Å²) in [7, 11) is 0. The highest BCUT2D eigenvalue weighted by Crippen LogP contribution is 2.26. The molecule has 4 unspecified atom stereocenters. The Kier molecular flexibility index (Phi) is 22.9. The van der Waals surface area contributed by atoms with E-state index in [1.165, 1.54) is 36.8 Å². The Morgan fingerprint density at radius 1 is 0.708 bits per heavy atom. The Labute approximate surface area is 161 Å². The topological polar surface area (TPSA) is 0 Å². The second kappa shape index (κ2) is 19.2. The molecule has 0 aromatic carbocycles. The minimum Gasteiger partial charge on any atom is -0.176 e. The van der Waals surface area contributed by atoms with Crippen molar-refractivity contribution in [2.24, 2.45) is 17.8 Å². The molecule has 24 heavy (non-hydrogen) atoms. The molecule has 0 heterocycles. The molecule has 0 amide bonds. The van der Waals surface area contributed by atoms with Gasteiger partial charge in [0.05, 0.1) is 0 Å². The van der Waals surface area contributed by atoms with Gasteiger partial charge in [0, 0.05) is 0 Å². The fraction of sp³-hybridized carbons (Fsp3) is 0.826. The summed E-state index contributed by atoms with van der Waals surface area (Å²) in [5, 5.41) is 0.540. The predicted molar refractivity (Wildman–Crippen MR) is 120 cm³/mol. The van der Waals surface area contributed by atoms with Gasteiger partial charge < -0.3 is 0 Å². The lowest BCUT2D eigenvalue weighted by Gasteiger charge is -2.22. The van der Waals surface area contributed by atoms with E-state index in [0.29, 0.717) is 11.2 Å². The van der Waals surface area contributed by atoms with E-state index >= 15 is 0 Å². The molecule has 0 aliphatic carbocycles. The first kappa shape index (κ1) is 28.6. The first-order valence-electron chi connectivity index (χ1n) is 10.2. The third kappa shape index (κ3) is 18.2. The molecule has 0 nitrogen and oxygen atoms in total. The van der Waals surface area contributed by atoms with E-state index in [1.54, 1.807) is 0 Å². The molecular formula is C23H48S. The second-order valence-electron chi connectivity index (χ2n) is 7.01. The molecule has 0 aromatic heterocycles. The fourth-order valence-corrected chi connectivity index (χ4v) is 2.43. The average molecular weight is 357 g/mol. The molecule has 0 rings (SSSR count). The van der Waals surface area contributed by atoms with Crippen molar-refractivity contribution < 1.29 is 0 Å². The largest absolute Gasteiger partial charge is 0.176 e. The van der Waals surface area contributed by atoms with Crippen LogP contribution >= 0.6 is 12.6 Å². The van der Waals surface area contributed by atoms with Crippen LogP contribution in [0.15, 0.2) is 23.3 Å². The maximum absolute atomic E-state index is 4.48. The van der Waals surface area contributed by atoms with Gasteiger partial charge in [-0.1, -0.05) is 78.7 Å². The lowest BCUT2D eigenvalue weighted by molar-refractivity contribution is 0.319. The van der Waals surface area contributed by atoms with Crippen LogP contribution in [0.3, 0.4) is 0 Å². The van der Waals surface area contributed by atoms with Crippen LogP contribution in [0.4, 0.5) is 0 Å². The SMILES string of the molecule is CC.CC.CC(C)=C/C=C(\C)C(C)CCC(C)C(C)CCC(C)S. The van der Waals surface area contributed by atoms with Crippen molar-refractivity contribution >= 4 is 12.6 Å². The molecule has 0 radical (unpaired) electrons. The number of allylic oxidation sites excluding steroid dienone is 4. The van der Waals surface area contributed by atoms with E-state index < -0.39 is 0 Å². The Morgan fingerprint density at radius 3 is 1.50 bits per heavy atom. The Morgan fingerprint density at radius 2 is 1.12 bits per heavy atom. The first-order valence-corrected chi connectivity index (χ1v) is 10.7. The van der Waals surface area contributed by atoms with Gasteiger partial charge in [-0.15, -0.1) is 0 Å². The highest BCUT2D eigenvalue weighted by atomic mass is 32.1. The van der Waals surface area contributed by atoms with E-state index in [9.17, 15) is 0 Å². The maximum atomic E-state index is 4.48. The molecule has 0 bridgehead atoms. The van der Waals surface area contributed by atoms with Crippen LogP contribution in [0.5, 0.6) is 0 Å². The van der Waals surface area contributed by atoms with Crippen molar-refractivity contribution in [3.8, 4) is 0 Å². The van der Waals surface area contributed by atoms with Crippen LogP contribution in [0.2, 0.25) is 0 Å². The minimum absolute atomic E-state index is 0.540. The smallest absolute Gasteiger partial charge is 0.00115 e. The van der Waals surface area contributed by atoms with Crippen LogP contribution in [0.1, 0.15) is 102 Å². The number of hydrogen-bond donors (Lipinski definition) is 1. The third-order valence-corrected chi connectivity index (χ3v) is 4.78. The zero-order chi connectivity index (χ0) is 19.7. The van der Waals surface area contributed by atoms with E-state index in [-0.39, 0.29) is 0 Å². The molecule has 0 N–H and O–H groups in total. The van der Waals surface area contributed by atoms with Crippen molar-refractivity contribution in [1.29, 1.82) is 0 Å². The molecule has 4 atom stereocenters. The molecule has 146 valence electrons. The van der Waals surface area contributed by atoms with E-state index in [2.05, 4.69) is 73.2 Å². The summed E-state index contributed by atoms with van der Waals surface area (Å²) in [6.45, 7) is 23.9. The van der Waals surface area contributed by atoms with E-state index in [0.717, 1.165) is 11.8 Å². The zero-order valence-corrected chi connectivity index (χ0v) is 19.6. The van der Waals surface area contributed by atoms with Gasteiger partial charge in [-0.2, -0.15) is 12.6 Å². The number of hydrogen-bond acceptors (Lipinski definition) is 1. The van der Waals surface area contributed by atoms with Crippen LogP contribution < -0.4 is 0 Å². The summed E-state index contributed by atoms with van der Waals surface area (Å²) >= 11 is 4.48. The summed E-state index contributed by atoms with van der Waals surface area (Å²) in [5.41, 5.74) is 2.88. The lowest BCUT2D eigenvalue weighted by Crippen LogP contribution is -2.11. The number of thiol groups is 1. The van der Waals surface area contributed by atoms with Gasteiger partial charge in [-0.3, -0.25) is 0 Å². The second-order valence-corrected chi connectivity index (χ2v) is 7.90. The predicted octanol–water partition coefficient (Wildman–Crippen LogP) is 8.74. The summed E-state index contributed by atoms with van der Waals surface area (Å²) in [6, 6.07) is 0. The monoisotopic (exact) mass is 356 g/mol. The van der Waals surface area contributed by atoms with Gasteiger partial charge in [-0.25, -0.2) is 0 Å². The van der Waals surface area contributed by atoms with Gasteiger partial charge in [0.2, 0.25) is 0 Å². The Balaban J connectivity index is -0.00000102. The molecule has 0 fully saturated rings. The molecule has 0 spiro atoms. The summed E-state index contributed by atoms with van der Waals surface area (Å²) < 4.78 is 0. The Hall–Kier alpha value is -0.170. The van der Waals surface area contributed by atoms with Gasteiger partial charge in [0.15, 0.2) is 0 Å². The average Bonchev–Trinajstić information content (AvgIpc) is 2.58. The van der Waals surface area contributed by atoms with E-state index in [1.807, 2.05) is 27.7 Å². The van der Waals surface area contributed by atoms with Crippen LogP contribution in [-0.4, -0.2) is 5.25 Å². The molecule has 0 aliphatic rings. The van der Waals surface area contributed by atoms with Crippen LogP contribution in [0, 0.1) is 17.8 Å². The molecule has 1 heteroatoms. The van der Waals surface area contributed by atoms with E-state index in [4.69, 9.17) is 0 Å². The summed E-state index contributed by atoms with van der Waals surface area (Å²) in [6.07, 6.45) is 9.71. The normalized spacial score (nSPS) is 15.8. The van der Waals surface area contributed by atoms with Gasteiger partial charge in [0.25, 0.3) is 0 Å². The molecule has 0 aromatic rings. The fourth-order valence-electron chi connectivity index (χ4n) is 2.28. The standard InChI is InChI=1S/C19H36S.2C2H6/c1-14(2)8-9-15(3)16(4)10-11-17(5)18(6)12-13-19(7)20;2*1-2/h8-9,16-20H,10-13H2,1-7H3;2*1-2H3/b15-9+;;.